The molecule has 1 aromatic carbocycles. The number of nitrogens with one attached hydrogen (secondary N) is 2. The Morgan fingerprint density at radius 1 is 1.35 bits per heavy atom. The molecule has 1 unspecified atom stereocenters. The highest BCUT2D eigenvalue weighted by atomic mass is 35.5. The van der Waals surface area contributed by atoms with Crippen LogP contribution in [0.15, 0.2) is 12.1 Å². The van der Waals surface area contributed by atoms with E-state index >= 15 is 0 Å². The van der Waals surface area contributed by atoms with Gasteiger partial charge in [0, 0.05) is 11.7 Å². The summed E-state index contributed by atoms with van der Waals surface area (Å²) in [6, 6.07) is 2.48. The van der Waals surface area contributed by atoms with E-state index < -0.39 is 11.9 Å². The van der Waals surface area contributed by atoms with Gasteiger partial charge in [-0.3, -0.25) is 9.59 Å². The van der Waals surface area contributed by atoms with Crippen molar-refractivity contribution in [2.45, 2.75) is 31.8 Å². The van der Waals surface area contributed by atoms with E-state index in [1.54, 1.807) is 6.92 Å². The summed E-state index contributed by atoms with van der Waals surface area (Å²) in [6.45, 7) is 1.61. The lowest BCUT2D eigenvalue weighted by atomic mass is 10.1. The van der Waals surface area contributed by atoms with Crippen LogP contribution in [0.25, 0.3) is 0 Å². The second kappa shape index (κ2) is 5.89. The van der Waals surface area contributed by atoms with Crippen molar-refractivity contribution in [1.82, 2.24) is 10.6 Å². The van der Waals surface area contributed by atoms with Crippen LogP contribution in [-0.4, -0.2) is 23.9 Å². The number of nitrogen functional groups attached to an aromatic ring is 1. The molecule has 2 amide bonds. The molecule has 0 heterocycles. The lowest BCUT2D eigenvalue weighted by molar-refractivity contribution is -0.122. The van der Waals surface area contributed by atoms with Gasteiger partial charge in [0.1, 0.15) is 6.04 Å². The van der Waals surface area contributed by atoms with Crippen molar-refractivity contribution in [3.63, 3.8) is 0 Å². The second-order valence-corrected chi connectivity index (χ2v) is 5.63. The summed E-state index contributed by atoms with van der Waals surface area (Å²) >= 11 is 11.8. The Balaban J connectivity index is 2.05. The van der Waals surface area contributed by atoms with Crippen molar-refractivity contribution < 1.29 is 9.59 Å². The molecular weight excluding hydrogens is 301 g/mol. The first-order valence-corrected chi connectivity index (χ1v) is 7.00. The highest BCUT2D eigenvalue weighted by Crippen LogP contribution is 2.28. The first-order chi connectivity index (χ1) is 9.38. The van der Waals surface area contributed by atoms with Gasteiger partial charge in [0.15, 0.2) is 0 Å². The molecule has 0 radical (unpaired) electrons. The van der Waals surface area contributed by atoms with Gasteiger partial charge in [-0.2, -0.15) is 0 Å². The second-order valence-electron chi connectivity index (χ2n) is 4.84. The Morgan fingerprint density at radius 2 is 2.00 bits per heavy atom. The zero-order valence-electron chi connectivity index (χ0n) is 10.9. The van der Waals surface area contributed by atoms with Crippen molar-refractivity contribution in [1.29, 1.82) is 0 Å². The lowest BCUT2D eigenvalue weighted by Crippen LogP contribution is -2.45. The van der Waals surface area contributed by atoms with E-state index in [0.29, 0.717) is 5.69 Å². The van der Waals surface area contributed by atoms with Crippen molar-refractivity contribution in [3.05, 3.63) is 27.7 Å². The molecule has 7 heteroatoms. The maximum absolute atomic E-state index is 12.1. The molecule has 1 aliphatic rings. The monoisotopic (exact) mass is 315 g/mol. The summed E-state index contributed by atoms with van der Waals surface area (Å²) in [5.41, 5.74) is 6.12. The molecule has 0 spiro atoms. The van der Waals surface area contributed by atoms with Crippen LogP contribution in [0.4, 0.5) is 5.69 Å². The zero-order chi connectivity index (χ0) is 14.9. The fourth-order valence-electron chi connectivity index (χ4n) is 1.67. The molecule has 1 atom stereocenters. The van der Waals surface area contributed by atoms with Gasteiger partial charge in [-0.15, -0.1) is 0 Å². The van der Waals surface area contributed by atoms with Crippen molar-refractivity contribution in [2.75, 3.05) is 5.73 Å². The fraction of sp³-hybridized carbons (Fsp3) is 0.385. The smallest absolute Gasteiger partial charge is 0.253 e. The van der Waals surface area contributed by atoms with E-state index in [4.69, 9.17) is 28.9 Å². The quantitative estimate of drug-likeness (QED) is 0.743. The molecule has 4 N–H and O–H groups in total. The molecule has 0 bridgehead atoms. The van der Waals surface area contributed by atoms with Crippen molar-refractivity contribution in [3.8, 4) is 0 Å². The van der Waals surface area contributed by atoms with E-state index in [2.05, 4.69) is 10.6 Å². The van der Waals surface area contributed by atoms with Gasteiger partial charge < -0.3 is 16.4 Å². The zero-order valence-corrected chi connectivity index (χ0v) is 12.4. The van der Waals surface area contributed by atoms with Crippen LogP contribution in [0, 0.1) is 0 Å². The number of carbonyl (C=O) groups is 2. The van der Waals surface area contributed by atoms with E-state index in [1.807, 2.05) is 0 Å². The Labute approximate surface area is 126 Å². The minimum atomic E-state index is -0.653. The minimum Gasteiger partial charge on any atom is -0.399 e. The van der Waals surface area contributed by atoms with Gasteiger partial charge >= 0.3 is 0 Å². The third-order valence-electron chi connectivity index (χ3n) is 2.96. The van der Waals surface area contributed by atoms with Gasteiger partial charge in [-0.05, 0) is 31.9 Å². The predicted molar refractivity (Wildman–Crippen MR) is 79.0 cm³/mol. The molecular formula is C13H15Cl2N3O2. The van der Waals surface area contributed by atoms with Gasteiger partial charge in [0.05, 0.1) is 15.6 Å². The number of amides is 2. The molecule has 108 valence electrons. The van der Waals surface area contributed by atoms with Crippen LogP contribution in [0.2, 0.25) is 10.0 Å². The van der Waals surface area contributed by atoms with Crippen LogP contribution >= 0.6 is 23.2 Å². The molecule has 1 aliphatic carbocycles. The lowest BCUT2D eigenvalue weighted by Gasteiger charge is -2.15. The standard InChI is InChI=1S/C13H15Cl2N3O2/c1-6(12(19)18-8-2-3-8)17-13(20)9-4-7(16)5-10(14)11(9)15/h4-6,8H,2-3,16H2,1H3,(H,17,20)(H,18,19). The van der Waals surface area contributed by atoms with Crippen LogP contribution in [0.1, 0.15) is 30.1 Å². The Kier molecular flexibility index (Phi) is 4.40. The summed E-state index contributed by atoms with van der Waals surface area (Å²) in [7, 11) is 0. The Hall–Kier alpha value is -1.46. The third-order valence-corrected chi connectivity index (χ3v) is 3.76. The summed E-state index contributed by atoms with van der Waals surface area (Å²) in [5, 5.41) is 5.70. The van der Waals surface area contributed by atoms with Gasteiger partial charge in [-0.1, -0.05) is 23.2 Å². The number of hydrogen-bond acceptors (Lipinski definition) is 3. The van der Waals surface area contributed by atoms with E-state index in [0.717, 1.165) is 12.8 Å². The average Bonchev–Trinajstić information content (AvgIpc) is 3.17. The van der Waals surface area contributed by atoms with Gasteiger partial charge in [-0.25, -0.2) is 0 Å². The maximum Gasteiger partial charge on any atom is 0.253 e. The van der Waals surface area contributed by atoms with Crippen LogP contribution in [0.5, 0.6) is 0 Å². The topological polar surface area (TPSA) is 84.2 Å². The Bertz CT molecular complexity index is 559. The summed E-state index contributed by atoms with van der Waals surface area (Å²) in [5.74, 6) is -0.699. The van der Waals surface area contributed by atoms with E-state index in [1.165, 1.54) is 12.1 Å². The molecule has 0 saturated heterocycles. The molecule has 0 aliphatic heterocycles. The highest BCUT2D eigenvalue weighted by Gasteiger charge is 2.26. The van der Waals surface area contributed by atoms with Crippen molar-refractivity contribution in [2.24, 2.45) is 0 Å². The number of nitrogens with two attached hydrogens (primary N) is 1. The normalized spacial score (nSPS) is 15.6. The van der Waals surface area contributed by atoms with Gasteiger partial charge in [0.25, 0.3) is 5.91 Å². The van der Waals surface area contributed by atoms with Crippen LogP contribution < -0.4 is 16.4 Å². The molecule has 2 rings (SSSR count). The molecule has 20 heavy (non-hydrogen) atoms. The Morgan fingerprint density at radius 3 is 2.60 bits per heavy atom. The summed E-state index contributed by atoms with van der Waals surface area (Å²) in [4.78, 5) is 23.9. The predicted octanol–water partition coefficient (Wildman–Crippen LogP) is 1.97. The fourth-order valence-corrected chi connectivity index (χ4v) is 2.09. The maximum atomic E-state index is 12.1. The van der Waals surface area contributed by atoms with Gasteiger partial charge in [0.2, 0.25) is 5.91 Å². The highest BCUT2D eigenvalue weighted by molar-refractivity contribution is 6.44. The van der Waals surface area contributed by atoms with E-state index in [9.17, 15) is 9.59 Å². The molecule has 0 aromatic heterocycles. The van der Waals surface area contributed by atoms with Crippen molar-refractivity contribution >= 4 is 40.7 Å². The van der Waals surface area contributed by atoms with Crippen LogP contribution in [0.3, 0.4) is 0 Å². The first-order valence-electron chi connectivity index (χ1n) is 6.24. The van der Waals surface area contributed by atoms with E-state index in [-0.39, 0.29) is 27.6 Å². The average molecular weight is 316 g/mol. The number of hydrogen-bond donors (Lipinski definition) is 3. The number of benzene rings is 1. The summed E-state index contributed by atoms with van der Waals surface area (Å²) < 4.78 is 0. The molecule has 1 fully saturated rings. The molecule has 1 aromatic rings. The summed E-state index contributed by atoms with van der Waals surface area (Å²) in [6.07, 6.45) is 1.98. The minimum absolute atomic E-state index is 0.119. The SMILES string of the molecule is CC(NC(=O)c1cc(N)cc(Cl)c1Cl)C(=O)NC1CC1. The van der Waals surface area contributed by atoms with Crippen LogP contribution in [-0.2, 0) is 4.79 Å². The number of halogens is 2. The third kappa shape index (κ3) is 3.55. The first kappa shape index (κ1) is 14.9. The number of carbonyl (C=O) groups excluding carboxylic acids is 2. The molecule has 5 nitrogen and oxygen atoms in total. The number of anilines is 1. The number of rotatable bonds is 4. The molecule has 1 saturated carbocycles. The largest absolute Gasteiger partial charge is 0.399 e.